The first-order chi connectivity index (χ1) is 17.4. The van der Waals surface area contributed by atoms with Crippen LogP contribution in [0.2, 0.25) is 0 Å². The van der Waals surface area contributed by atoms with Crippen LogP contribution >= 0.6 is 0 Å². The van der Waals surface area contributed by atoms with Crippen LogP contribution in [-0.2, 0) is 29.1 Å². The largest absolute Gasteiger partial charge is 0.478 e. The average molecular weight is 495 g/mol. The molecule has 3 aromatic rings. The van der Waals surface area contributed by atoms with Crippen molar-refractivity contribution in [3.05, 3.63) is 107 Å². The van der Waals surface area contributed by atoms with Crippen LogP contribution in [0.3, 0.4) is 0 Å². The van der Waals surface area contributed by atoms with Gasteiger partial charge in [-0.25, -0.2) is 14.0 Å². The molecular weight excluding hydrogens is 467 g/mol. The van der Waals surface area contributed by atoms with Gasteiger partial charge in [0.2, 0.25) is 5.91 Å². The molecule has 0 unspecified atom stereocenters. The Hall–Kier alpha value is -4.24. The summed E-state index contributed by atoms with van der Waals surface area (Å²) in [6.45, 7) is -0.852. The van der Waals surface area contributed by atoms with Crippen molar-refractivity contribution in [3.8, 4) is 0 Å². The molecule has 0 heterocycles. The molecule has 8 nitrogen and oxygen atoms in total. The van der Waals surface area contributed by atoms with Gasteiger partial charge in [0.05, 0.1) is 12.2 Å². The number of nitrogens with one attached hydrogen (secondary N) is 1. The number of hydrogen-bond acceptors (Lipinski definition) is 5. The van der Waals surface area contributed by atoms with Crippen LogP contribution in [0.5, 0.6) is 0 Å². The number of alkyl carbamates (subject to hydrolysis) is 1. The van der Waals surface area contributed by atoms with E-state index in [-0.39, 0.29) is 30.8 Å². The Morgan fingerprint density at radius 2 is 1.58 bits per heavy atom. The average Bonchev–Trinajstić information content (AvgIpc) is 2.90. The number of aliphatic hydroxyl groups excluding tert-OH is 1. The van der Waals surface area contributed by atoms with Gasteiger partial charge >= 0.3 is 12.1 Å². The Kier molecular flexibility index (Phi) is 9.53. The molecule has 188 valence electrons. The van der Waals surface area contributed by atoms with Crippen LogP contribution in [0.1, 0.15) is 27.0 Å². The predicted molar refractivity (Wildman–Crippen MR) is 130 cm³/mol. The van der Waals surface area contributed by atoms with Crippen molar-refractivity contribution in [2.45, 2.75) is 25.6 Å². The fraction of sp³-hybridized carbons (Fsp3) is 0.222. The van der Waals surface area contributed by atoms with E-state index in [9.17, 15) is 29.0 Å². The van der Waals surface area contributed by atoms with Crippen LogP contribution < -0.4 is 5.32 Å². The molecular formula is C27H27FN2O6. The third kappa shape index (κ3) is 7.64. The number of carboxylic acids is 1. The van der Waals surface area contributed by atoms with Gasteiger partial charge in [0.25, 0.3) is 0 Å². The summed E-state index contributed by atoms with van der Waals surface area (Å²) in [5, 5.41) is 21.4. The molecule has 3 rings (SSSR count). The van der Waals surface area contributed by atoms with Crippen molar-refractivity contribution in [1.29, 1.82) is 0 Å². The zero-order valence-electron chi connectivity index (χ0n) is 19.5. The number of aromatic carboxylic acids is 1. The van der Waals surface area contributed by atoms with Gasteiger partial charge in [0, 0.05) is 18.7 Å². The summed E-state index contributed by atoms with van der Waals surface area (Å²) >= 11 is 0. The Morgan fingerprint density at radius 3 is 2.19 bits per heavy atom. The highest BCUT2D eigenvalue weighted by molar-refractivity contribution is 5.88. The third-order valence-corrected chi connectivity index (χ3v) is 5.46. The third-order valence-electron chi connectivity index (χ3n) is 5.46. The fourth-order valence-electron chi connectivity index (χ4n) is 3.52. The number of aliphatic hydroxyl groups is 1. The maximum atomic E-state index is 14.5. The molecule has 0 aliphatic heterocycles. The summed E-state index contributed by atoms with van der Waals surface area (Å²) < 4.78 is 19.6. The second kappa shape index (κ2) is 13.0. The number of halogens is 1. The SMILES string of the molecule is O=C(N[C@@H](CO)C(=O)N(CCc1ccccc1)Cc1cc(C(=O)O)ccc1F)OCc1ccccc1. The van der Waals surface area contributed by atoms with Crippen molar-refractivity contribution < 1.29 is 33.7 Å². The number of carboxylic acid groups (broad SMARTS) is 1. The van der Waals surface area contributed by atoms with Crippen LogP contribution in [-0.4, -0.2) is 52.3 Å². The zero-order chi connectivity index (χ0) is 25.9. The molecule has 0 saturated carbocycles. The lowest BCUT2D eigenvalue weighted by atomic mass is 10.1. The van der Waals surface area contributed by atoms with E-state index in [1.54, 1.807) is 24.3 Å². The van der Waals surface area contributed by atoms with Crippen molar-refractivity contribution >= 4 is 18.0 Å². The van der Waals surface area contributed by atoms with Crippen LogP contribution in [0, 0.1) is 5.82 Å². The zero-order valence-corrected chi connectivity index (χ0v) is 19.5. The standard InChI is InChI=1S/C27H27FN2O6/c28-23-12-11-21(26(33)34)15-22(23)16-30(14-13-19-7-3-1-4-8-19)25(32)24(17-31)29-27(35)36-18-20-9-5-2-6-10-20/h1-12,15,24,31H,13-14,16-18H2,(H,29,35)(H,33,34)/t24-/m0/s1. The second-order valence-electron chi connectivity index (χ2n) is 8.05. The van der Waals surface area contributed by atoms with Gasteiger partial charge in [-0.2, -0.15) is 0 Å². The quantitative estimate of drug-likeness (QED) is 0.376. The van der Waals surface area contributed by atoms with E-state index in [1.807, 2.05) is 36.4 Å². The van der Waals surface area contributed by atoms with Gasteiger partial charge < -0.3 is 25.2 Å². The number of nitrogens with zero attached hydrogens (tertiary/aromatic N) is 1. The molecule has 3 aromatic carbocycles. The summed E-state index contributed by atoms with van der Waals surface area (Å²) in [5.41, 5.74) is 1.55. The number of rotatable bonds is 11. The van der Waals surface area contributed by atoms with E-state index in [2.05, 4.69) is 5.32 Å². The molecule has 1 atom stereocenters. The van der Waals surface area contributed by atoms with E-state index in [4.69, 9.17) is 4.74 Å². The highest BCUT2D eigenvalue weighted by Gasteiger charge is 2.27. The normalized spacial score (nSPS) is 11.4. The van der Waals surface area contributed by atoms with Crippen molar-refractivity contribution in [1.82, 2.24) is 10.2 Å². The first kappa shape index (κ1) is 26.4. The summed E-state index contributed by atoms with van der Waals surface area (Å²) in [6.07, 6.45) is -0.475. The Labute approximate surface area is 207 Å². The monoisotopic (exact) mass is 494 g/mol. The van der Waals surface area contributed by atoms with E-state index in [0.29, 0.717) is 6.42 Å². The second-order valence-corrected chi connectivity index (χ2v) is 8.05. The fourth-order valence-corrected chi connectivity index (χ4v) is 3.52. The Bertz CT molecular complexity index is 1170. The summed E-state index contributed by atoms with van der Waals surface area (Å²) in [5.74, 6) is -2.56. The number of carbonyl (C=O) groups is 3. The first-order valence-corrected chi connectivity index (χ1v) is 11.3. The maximum absolute atomic E-state index is 14.5. The van der Waals surface area contributed by atoms with Gasteiger partial charge in [0.15, 0.2) is 0 Å². The number of carbonyl (C=O) groups excluding carboxylic acids is 2. The van der Waals surface area contributed by atoms with Crippen LogP contribution in [0.15, 0.2) is 78.9 Å². The van der Waals surface area contributed by atoms with Crippen LogP contribution in [0.4, 0.5) is 9.18 Å². The van der Waals surface area contributed by atoms with Crippen molar-refractivity contribution in [2.75, 3.05) is 13.2 Å². The van der Waals surface area contributed by atoms with Gasteiger partial charge in [-0.1, -0.05) is 60.7 Å². The molecule has 0 spiro atoms. The number of hydrogen-bond donors (Lipinski definition) is 3. The molecule has 2 amide bonds. The molecule has 0 fully saturated rings. The summed E-state index contributed by atoms with van der Waals surface area (Å²) in [6, 6.07) is 20.2. The number of amides is 2. The maximum Gasteiger partial charge on any atom is 0.408 e. The summed E-state index contributed by atoms with van der Waals surface area (Å²) in [4.78, 5) is 38.2. The lowest BCUT2D eigenvalue weighted by molar-refractivity contribution is -0.135. The van der Waals surface area contributed by atoms with Gasteiger partial charge in [-0.15, -0.1) is 0 Å². The van der Waals surface area contributed by atoms with Gasteiger partial charge in [-0.3, -0.25) is 4.79 Å². The minimum absolute atomic E-state index is 0.000319. The molecule has 9 heteroatoms. The molecule has 0 aliphatic carbocycles. The lowest BCUT2D eigenvalue weighted by Gasteiger charge is -2.27. The topological polar surface area (TPSA) is 116 Å². The molecule has 0 bridgehead atoms. The highest BCUT2D eigenvalue weighted by Crippen LogP contribution is 2.15. The smallest absolute Gasteiger partial charge is 0.408 e. The van der Waals surface area contributed by atoms with Crippen molar-refractivity contribution in [3.63, 3.8) is 0 Å². The first-order valence-electron chi connectivity index (χ1n) is 11.3. The number of ether oxygens (including phenoxy) is 1. The molecule has 0 aromatic heterocycles. The van der Waals surface area contributed by atoms with Crippen molar-refractivity contribution in [2.24, 2.45) is 0 Å². The van der Waals surface area contributed by atoms with E-state index in [0.717, 1.165) is 29.3 Å². The minimum Gasteiger partial charge on any atom is -0.478 e. The summed E-state index contributed by atoms with van der Waals surface area (Å²) in [7, 11) is 0. The van der Waals surface area contributed by atoms with Gasteiger partial charge in [0.1, 0.15) is 18.5 Å². The molecule has 3 N–H and O–H groups in total. The molecule has 36 heavy (non-hydrogen) atoms. The Balaban J connectivity index is 1.74. The molecule has 0 aliphatic rings. The van der Waals surface area contributed by atoms with E-state index in [1.165, 1.54) is 4.90 Å². The highest BCUT2D eigenvalue weighted by atomic mass is 19.1. The number of benzene rings is 3. The Morgan fingerprint density at radius 1 is 0.944 bits per heavy atom. The molecule has 0 saturated heterocycles. The van der Waals surface area contributed by atoms with Crippen LogP contribution in [0.25, 0.3) is 0 Å². The van der Waals surface area contributed by atoms with Gasteiger partial charge in [-0.05, 0) is 35.7 Å². The van der Waals surface area contributed by atoms with E-state index < -0.39 is 36.4 Å². The molecule has 0 radical (unpaired) electrons. The lowest BCUT2D eigenvalue weighted by Crippen LogP contribution is -2.51. The predicted octanol–water partition coefficient (Wildman–Crippen LogP) is 3.38. The van der Waals surface area contributed by atoms with E-state index >= 15 is 0 Å². The minimum atomic E-state index is -1.34.